The Balaban J connectivity index is 1.85. The monoisotopic (exact) mass is 204 g/mol. The highest BCUT2D eigenvalue weighted by molar-refractivity contribution is 5.18. The Kier molecular flexibility index (Phi) is 3.08. The molecule has 0 spiro atoms. The fourth-order valence-electron chi connectivity index (χ4n) is 2.02. The van der Waals surface area contributed by atoms with Gasteiger partial charge in [0.25, 0.3) is 0 Å². The van der Waals surface area contributed by atoms with Crippen LogP contribution < -0.4 is 11.1 Å². The molecule has 1 fully saturated rings. The number of rotatable bonds is 4. The Morgan fingerprint density at radius 3 is 2.53 bits per heavy atom. The first-order chi connectivity index (χ1) is 7.20. The highest BCUT2D eigenvalue weighted by Gasteiger charge is 2.32. The topological polar surface area (TPSA) is 38.0 Å². The number of hydrogen-bond acceptors (Lipinski definition) is 2. The van der Waals surface area contributed by atoms with Crippen molar-refractivity contribution in [1.29, 1.82) is 0 Å². The van der Waals surface area contributed by atoms with E-state index in [0.717, 1.165) is 6.54 Å². The average Bonchev–Trinajstić information content (AvgIpc) is 2.24. The van der Waals surface area contributed by atoms with Crippen molar-refractivity contribution >= 4 is 0 Å². The summed E-state index contributed by atoms with van der Waals surface area (Å²) < 4.78 is 0. The molecule has 1 aromatic carbocycles. The summed E-state index contributed by atoms with van der Waals surface area (Å²) in [4.78, 5) is 0. The van der Waals surface area contributed by atoms with Crippen LogP contribution in [0.25, 0.3) is 0 Å². The fraction of sp³-hybridized carbons (Fsp3) is 0.538. The molecule has 1 aromatic rings. The molecule has 1 saturated carbocycles. The SMILES string of the molecule is CC(NCC1(N)CCC1)c1ccccc1. The molecule has 2 rings (SSSR count). The maximum atomic E-state index is 6.17. The average molecular weight is 204 g/mol. The van der Waals surface area contributed by atoms with Gasteiger partial charge >= 0.3 is 0 Å². The zero-order chi connectivity index (χ0) is 10.7. The van der Waals surface area contributed by atoms with Crippen LogP contribution in [0.4, 0.5) is 0 Å². The number of benzene rings is 1. The normalized spacial score (nSPS) is 20.7. The molecule has 1 aliphatic carbocycles. The molecule has 0 bridgehead atoms. The van der Waals surface area contributed by atoms with Gasteiger partial charge in [0.2, 0.25) is 0 Å². The van der Waals surface area contributed by atoms with Crippen LogP contribution in [0, 0.1) is 0 Å². The van der Waals surface area contributed by atoms with E-state index in [1.54, 1.807) is 0 Å². The minimum atomic E-state index is 0.0725. The number of nitrogens with one attached hydrogen (secondary N) is 1. The summed E-state index contributed by atoms with van der Waals surface area (Å²) in [6.07, 6.45) is 3.63. The van der Waals surface area contributed by atoms with Crippen LogP contribution >= 0.6 is 0 Å². The van der Waals surface area contributed by atoms with Crippen molar-refractivity contribution in [3.63, 3.8) is 0 Å². The number of nitrogens with two attached hydrogens (primary N) is 1. The predicted molar refractivity (Wildman–Crippen MR) is 63.6 cm³/mol. The molecular weight excluding hydrogens is 184 g/mol. The van der Waals surface area contributed by atoms with Crippen LogP contribution in [0.5, 0.6) is 0 Å². The van der Waals surface area contributed by atoms with E-state index < -0.39 is 0 Å². The molecule has 0 heterocycles. The predicted octanol–water partition coefficient (Wildman–Crippen LogP) is 2.22. The van der Waals surface area contributed by atoms with Gasteiger partial charge in [-0.2, -0.15) is 0 Å². The molecule has 15 heavy (non-hydrogen) atoms. The summed E-state index contributed by atoms with van der Waals surface area (Å²) in [5, 5.41) is 3.52. The van der Waals surface area contributed by atoms with Crippen molar-refractivity contribution in [2.45, 2.75) is 37.8 Å². The molecule has 82 valence electrons. The van der Waals surface area contributed by atoms with Gasteiger partial charge in [-0.25, -0.2) is 0 Å². The van der Waals surface area contributed by atoms with Gasteiger partial charge in [-0.05, 0) is 31.7 Å². The highest BCUT2D eigenvalue weighted by atomic mass is 15.0. The molecule has 0 radical (unpaired) electrons. The van der Waals surface area contributed by atoms with Gasteiger partial charge in [0, 0.05) is 18.1 Å². The summed E-state index contributed by atoms with van der Waals surface area (Å²) in [5.74, 6) is 0. The van der Waals surface area contributed by atoms with E-state index in [9.17, 15) is 0 Å². The van der Waals surface area contributed by atoms with E-state index in [2.05, 4.69) is 36.5 Å². The highest BCUT2D eigenvalue weighted by Crippen LogP contribution is 2.28. The summed E-state index contributed by atoms with van der Waals surface area (Å²) in [5.41, 5.74) is 7.57. The minimum absolute atomic E-state index is 0.0725. The Morgan fingerprint density at radius 1 is 1.33 bits per heavy atom. The van der Waals surface area contributed by atoms with Gasteiger partial charge in [0.15, 0.2) is 0 Å². The Bertz CT molecular complexity index is 304. The molecule has 2 nitrogen and oxygen atoms in total. The third-order valence-corrected chi connectivity index (χ3v) is 3.41. The molecule has 0 aromatic heterocycles. The lowest BCUT2D eigenvalue weighted by molar-refractivity contribution is 0.232. The molecule has 1 unspecified atom stereocenters. The molecule has 3 N–H and O–H groups in total. The van der Waals surface area contributed by atoms with Crippen molar-refractivity contribution < 1.29 is 0 Å². The first-order valence-corrected chi connectivity index (χ1v) is 5.77. The van der Waals surface area contributed by atoms with Gasteiger partial charge in [-0.1, -0.05) is 30.3 Å². The molecule has 1 atom stereocenters. The van der Waals surface area contributed by atoms with Gasteiger partial charge < -0.3 is 11.1 Å². The number of hydrogen-bond donors (Lipinski definition) is 2. The van der Waals surface area contributed by atoms with E-state index in [-0.39, 0.29) is 5.54 Å². The van der Waals surface area contributed by atoms with Gasteiger partial charge in [-0.3, -0.25) is 0 Å². The largest absolute Gasteiger partial charge is 0.324 e. The van der Waals surface area contributed by atoms with Crippen molar-refractivity contribution in [3.8, 4) is 0 Å². The van der Waals surface area contributed by atoms with E-state index in [1.807, 2.05) is 6.07 Å². The lowest BCUT2D eigenvalue weighted by atomic mass is 9.77. The summed E-state index contributed by atoms with van der Waals surface area (Å²) in [7, 11) is 0. The summed E-state index contributed by atoms with van der Waals surface area (Å²) >= 11 is 0. The van der Waals surface area contributed by atoms with Crippen LogP contribution in [0.2, 0.25) is 0 Å². The minimum Gasteiger partial charge on any atom is -0.324 e. The van der Waals surface area contributed by atoms with E-state index >= 15 is 0 Å². The third-order valence-electron chi connectivity index (χ3n) is 3.41. The van der Waals surface area contributed by atoms with Gasteiger partial charge in [0.1, 0.15) is 0 Å². The van der Waals surface area contributed by atoms with Crippen molar-refractivity contribution in [3.05, 3.63) is 35.9 Å². The second kappa shape index (κ2) is 4.33. The van der Waals surface area contributed by atoms with Crippen molar-refractivity contribution in [1.82, 2.24) is 5.32 Å². The summed E-state index contributed by atoms with van der Waals surface area (Å²) in [6, 6.07) is 10.9. The second-order valence-electron chi connectivity index (χ2n) is 4.73. The second-order valence-corrected chi connectivity index (χ2v) is 4.73. The zero-order valence-corrected chi connectivity index (χ0v) is 9.37. The zero-order valence-electron chi connectivity index (χ0n) is 9.37. The van der Waals surface area contributed by atoms with Crippen LogP contribution in [0.1, 0.15) is 37.8 Å². The standard InChI is InChI=1S/C13H20N2/c1-11(12-6-3-2-4-7-12)15-10-13(14)8-5-9-13/h2-4,6-7,11,15H,5,8-10,14H2,1H3. The van der Waals surface area contributed by atoms with E-state index in [0.29, 0.717) is 6.04 Å². The Hall–Kier alpha value is -0.860. The summed E-state index contributed by atoms with van der Waals surface area (Å²) in [6.45, 7) is 3.13. The van der Waals surface area contributed by atoms with E-state index in [4.69, 9.17) is 5.73 Å². The van der Waals surface area contributed by atoms with Crippen LogP contribution in [0.3, 0.4) is 0 Å². The quantitative estimate of drug-likeness (QED) is 0.789. The Labute approximate surface area is 91.9 Å². The van der Waals surface area contributed by atoms with Crippen LogP contribution in [-0.2, 0) is 0 Å². The van der Waals surface area contributed by atoms with Crippen LogP contribution in [0.15, 0.2) is 30.3 Å². The van der Waals surface area contributed by atoms with Crippen molar-refractivity contribution in [2.24, 2.45) is 5.73 Å². The first kappa shape index (κ1) is 10.7. The maximum absolute atomic E-state index is 6.17. The molecule has 2 heteroatoms. The molecular formula is C13H20N2. The molecule has 1 aliphatic rings. The first-order valence-electron chi connectivity index (χ1n) is 5.77. The maximum Gasteiger partial charge on any atom is 0.0292 e. The molecule has 0 saturated heterocycles. The van der Waals surface area contributed by atoms with E-state index in [1.165, 1.54) is 24.8 Å². The Morgan fingerprint density at radius 2 is 2.00 bits per heavy atom. The van der Waals surface area contributed by atoms with Gasteiger partial charge in [-0.15, -0.1) is 0 Å². The third kappa shape index (κ3) is 2.58. The smallest absolute Gasteiger partial charge is 0.0292 e. The van der Waals surface area contributed by atoms with Crippen molar-refractivity contribution in [2.75, 3.05) is 6.54 Å². The molecule has 0 aliphatic heterocycles. The lowest BCUT2D eigenvalue weighted by Gasteiger charge is -2.39. The fourth-order valence-corrected chi connectivity index (χ4v) is 2.02. The van der Waals surface area contributed by atoms with Crippen LogP contribution in [-0.4, -0.2) is 12.1 Å². The lowest BCUT2D eigenvalue weighted by Crippen LogP contribution is -2.54. The molecule has 0 amide bonds. The van der Waals surface area contributed by atoms with Gasteiger partial charge in [0.05, 0.1) is 0 Å².